The minimum atomic E-state index is -4.40. The van der Waals surface area contributed by atoms with Gasteiger partial charge in [0, 0.05) is 25.1 Å². The van der Waals surface area contributed by atoms with Crippen LogP contribution < -0.4 is 14.8 Å². The number of fused-ring (bicyclic) bond motifs is 1. The highest BCUT2D eigenvalue weighted by molar-refractivity contribution is 5.91. The lowest BCUT2D eigenvalue weighted by atomic mass is 9.88. The molecule has 182 valence electrons. The number of aryl methyl sites for hydroxylation is 1. The minimum Gasteiger partial charge on any atom is -0.493 e. The summed E-state index contributed by atoms with van der Waals surface area (Å²) in [6.07, 6.45) is -4.40. The Morgan fingerprint density at radius 2 is 1.85 bits per heavy atom. The molecule has 1 N–H and O–H groups in total. The third-order valence-corrected chi connectivity index (χ3v) is 5.61. The number of hydrogen-bond acceptors (Lipinski definition) is 7. The Bertz CT molecular complexity index is 1170. The number of aromatic nitrogens is 2. The molecule has 1 aromatic heterocycles. The van der Waals surface area contributed by atoms with Crippen LogP contribution in [-0.4, -0.2) is 50.6 Å². The molecule has 1 saturated heterocycles. The lowest BCUT2D eigenvalue weighted by Crippen LogP contribution is -2.50. The zero-order valence-electron chi connectivity index (χ0n) is 19.2. The number of halogens is 3. The fraction of sp³-hybridized carbons (Fsp3) is 0.417. The Labute approximate surface area is 195 Å². The first-order valence-corrected chi connectivity index (χ1v) is 10.7. The van der Waals surface area contributed by atoms with Gasteiger partial charge in [-0.05, 0) is 30.7 Å². The van der Waals surface area contributed by atoms with Crippen molar-refractivity contribution < 1.29 is 32.1 Å². The molecular formula is C24H26F3N3O4. The van der Waals surface area contributed by atoms with Gasteiger partial charge in [0.2, 0.25) is 0 Å². The molecule has 0 atom stereocenters. The zero-order chi connectivity index (χ0) is 24.3. The van der Waals surface area contributed by atoms with E-state index >= 15 is 0 Å². The summed E-state index contributed by atoms with van der Waals surface area (Å²) in [6.45, 7) is 3.88. The number of nitrogens with one attached hydrogen (secondary N) is 1. The first-order chi connectivity index (χ1) is 16.2. The second kappa shape index (κ2) is 9.63. The Morgan fingerprint density at radius 1 is 1.06 bits per heavy atom. The molecule has 4 rings (SSSR count). The van der Waals surface area contributed by atoms with E-state index in [0.29, 0.717) is 66.0 Å². The van der Waals surface area contributed by atoms with Gasteiger partial charge >= 0.3 is 6.18 Å². The van der Waals surface area contributed by atoms with Crippen LogP contribution in [0.4, 0.5) is 19.0 Å². The van der Waals surface area contributed by atoms with Gasteiger partial charge in [-0.15, -0.1) is 0 Å². The Kier molecular flexibility index (Phi) is 6.81. The molecule has 2 aromatic carbocycles. The van der Waals surface area contributed by atoms with Crippen LogP contribution in [-0.2, 0) is 22.2 Å². The van der Waals surface area contributed by atoms with Crippen molar-refractivity contribution in [2.24, 2.45) is 5.41 Å². The van der Waals surface area contributed by atoms with Gasteiger partial charge in [-0.25, -0.2) is 9.97 Å². The lowest BCUT2D eigenvalue weighted by Gasteiger charge is -2.40. The van der Waals surface area contributed by atoms with E-state index in [1.54, 1.807) is 39.3 Å². The molecule has 2 heterocycles. The van der Waals surface area contributed by atoms with Gasteiger partial charge in [0.25, 0.3) is 0 Å². The molecule has 1 aliphatic rings. The monoisotopic (exact) mass is 477 g/mol. The number of methoxy groups -OCH3 is 2. The van der Waals surface area contributed by atoms with E-state index in [-0.39, 0.29) is 12.0 Å². The van der Waals surface area contributed by atoms with E-state index < -0.39 is 11.7 Å². The van der Waals surface area contributed by atoms with E-state index in [2.05, 4.69) is 15.3 Å². The van der Waals surface area contributed by atoms with Crippen molar-refractivity contribution in [3.05, 3.63) is 53.3 Å². The summed E-state index contributed by atoms with van der Waals surface area (Å²) in [7, 11) is 3.19. The van der Waals surface area contributed by atoms with E-state index in [1.807, 2.05) is 0 Å². The molecule has 3 aromatic rings. The average molecular weight is 477 g/mol. The number of anilines is 1. The fourth-order valence-electron chi connectivity index (χ4n) is 3.84. The second-order valence-electron chi connectivity index (χ2n) is 8.41. The molecule has 0 amide bonds. The van der Waals surface area contributed by atoms with Crippen molar-refractivity contribution in [1.82, 2.24) is 9.97 Å². The first kappa shape index (κ1) is 24.0. The largest absolute Gasteiger partial charge is 0.493 e. The van der Waals surface area contributed by atoms with E-state index in [4.69, 9.17) is 18.9 Å². The molecule has 34 heavy (non-hydrogen) atoms. The van der Waals surface area contributed by atoms with E-state index in [1.165, 1.54) is 6.07 Å². The van der Waals surface area contributed by atoms with Gasteiger partial charge in [-0.1, -0.05) is 12.1 Å². The number of alkyl halides is 3. The van der Waals surface area contributed by atoms with Crippen molar-refractivity contribution in [2.75, 3.05) is 46.0 Å². The van der Waals surface area contributed by atoms with E-state index in [0.717, 1.165) is 12.1 Å². The van der Waals surface area contributed by atoms with Crippen molar-refractivity contribution >= 4 is 16.7 Å². The number of nitrogens with zero attached hydrogens (tertiary/aromatic N) is 2. The van der Waals surface area contributed by atoms with Crippen LogP contribution >= 0.6 is 0 Å². The van der Waals surface area contributed by atoms with Crippen LogP contribution in [0.5, 0.6) is 11.5 Å². The smallest absolute Gasteiger partial charge is 0.416 e. The highest BCUT2D eigenvalue weighted by atomic mass is 19.4. The second-order valence-corrected chi connectivity index (χ2v) is 8.41. The fourth-order valence-corrected chi connectivity index (χ4v) is 3.84. The molecular weight excluding hydrogens is 451 g/mol. The highest BCUT2D eigenvalue weighted by Gasteiger charge is 2.40. The van der Waals surface area contributed by atoms with Gasteiger partial charge < -0.3 is 24.3 Å². The topological polar surface area (TPSA) is 74.7 Å². The number of ether oxygens (including phenoxy) is 4. The first-order valence-electron chi connectivity index (χ1n) is 10.7. The van der Waals surface area contributed by atoms with Crippen molar-refractivity contribution in [3.8, 4) is 11.5 Å². The van der Waals surface area contributed by atoms with Crippen LogP contribution in [0.1, 0.15) is 17.0 Å². The minimum absolute atomic E-state index is 0.159. The average Bonchev–Trinajstić information content (AvgIpc) is 2.78. The normalized spacial score (nSPS) is 15.1. The molecule has 0 spiro atoms. The zero-order valence-corrected chi connectivity index (χ0v) is 19.2. The molecule has 7 nitrogen and oxygen atoms in total. The predicted octanol–water partition coefficient (Wildman–Crippen LogP) is 4.62. The summed E-state index contributed by atoms with van der Waals surface area (Å²) in [5, 5.41) is 3.81. The Balaban J connectivity index is 1.61. The van der Waals surface area contributed by atoms with Gasteiger partial charge in [-0.2, -0.15) is 13.2 Å². The SMILES string of the molecule is COCC1(COc2cc3c(NCc4cccc(C(F)(F)F)c4)nc(C)nc3cc2OC)COC1. The quantitative estimate of drug-likeness (QED) is 0.482. The molecule has 1 aliphatic heterocycles. The van der Waals surface area contributed by atoms with Crippen molar-refractivity contribution in [1.29, 1.82) is 0 Å². The van der Waals surface area contributed by atoms with Crippen LogP contribution in [0.3, 0.4) is 0 Å². The molecule has 0 radical (unpaired) electrons. The third-order valence-electron chi connectivity index (χ3n) is 5.61. The van der Waals surface area contributed by atoms with Gasteiger partial charge in [0.15, 0.2) is 11.5 Å². The molecule has 1 fully saturated rings. The summed E-state index contributed by atoms with van der Waals surface area (Å²) in [4.78, 5) is 8.95. The molecule has 0 bridgehead atoms. The molecule has 0 unspecified atom stereocenters. The number of benzene rings is 2. The van der Waals surface area contributed by atoms with Crippen LogP contribution in [0, 0.1) is 12.3 Å². The summed E-state index contributed by atoms with van der Waals surface area (Å²) < 4.78 is 61.5. The summed E-state index contributed by atoms with van der Waals surface area (Å²) in [5.74, 6) is 2.03. The maximum Gasteiger partial charge on any atom is 0.416 e. The van der Waals surface area contributed by atoms with Gasteiger partial charge in [-0.3, -0.25) is 0 Å². The molecule has 0 aliphatic carbocycles. The maximum atomic E-state index is 13.1. The predicted molar refractivity (Wildman–Crippen MR) is 120 cm³/mol. The van der Waals surface area contributed by atoms with Crippen molar-refractivity contribution in [3.63, 3.8) is 0 Å². The molecule has 0 saturated carbocycles. The van der Waals surface area contributed by atoms with Crippen LogP contribution in [0.15, 0.2) is 36.4 Å². The number of hydrogen-bond donors (Lipinski definition) is 1. The maximum absolute atomic E-state index is 13.1. The third kappa shape index (κ3) is 5.18. The summed E-state index contributed by atoms with van der Waals surface area (Å²) >= 11 is 0. The van der Waals surface area contributed by atoms with Gasteiger partial charge in [0.05, 0.1) is 43.4 Å². The Morgan fingerprint density at radius 3 is 2.50 bits per heavy atom. The number of rotatable bonds is 9. The standard InChI is InChI=1S/C24H26F3N3O4/c1-15-29-19-9-20(32-3)21(34-14-23(11-31-2)12-33-13-23)8-18(19)22(30-15)28-10-16-5-4-6-17(7-16)24(25,26)27/h4-9H,10-14H2,1-3H3,(H,28,29,30). The van der Waals surface area contributed by atoms with E-state index in [9.17, 15) is 13.2 Å². The lowest BCUT2D eigenvalue weighted by molar-refractivity contribution is -0.159. The summed E-state index contributed by atoms with van der Waals surface area (Å²) in [6, 6.07) is 8.73. The van der Waals surface area contributed by atoms with Gasteiger partial charge in [0.1, 0.15) is 18.2 Å². The van der Waals surface area contributed by atoms with Crippen LogP contribution in [0.25, 0.3) is 10.9 Å². The Hall–Kier alpha value is -3.11. The summed E-state index contributed by atoms with van der Waals surface area (Å²) in [5.41, 5.74) is 0.196. The van der Waals surface area contributed by atoms with Crippen LogP contribution in [0.2, 0.25) is 0 Å². The highest BCUT2D eigenvalue weighted by Crippen LogP contribution is 2.37. The molecule has 10 heteroatoms. The van der Waals surface area contributed by atoms with Crippen molar-refractivity contribution in [2.45, 2.75) is 19.6 Å².